The highest BCUT2D eigenvalue weighted by molar-refractivity contribution is 5.58. The van der Waals surface area contributed by atoms with Crippen molar-refractivity contribution < 1.29 is 26.7 Å². The predicted molar refractivity (Wildman–Crippen MR) is 105 cm³/mol. The third-order valence-corrected chi connectivity index (χ3v) is 5.39. The van der Waals surface area contributed by atoms with E-state index in [1.807, 2.05) is 11.6 Å². The van der Waals surface area contributed by atoms with Gasteiger partial charge in [0.15, 0.2) is 0 Å². The standard InChI is InChI=1S/C22H20F5N3O/c1-29-18-13-30(12-15-4-2-3-5-19(15)31-21(23)24)11-10-17(18)28-20(29)14-6-8-16(9-7-14)22(25,26)27/h2-9,21H,10-13H2,1H3. The highest BCUT2D eigenvalue weighted by Crippen LogP contribution is 2.32. The Morgan fingerprint density at radius 3 is 2.45 bits per heavy atom. The van der Waals surface area contributed by atoms with Crippen LogP contribution in [0.1, 0.15) is 22.5 Å². The maximum absolute atomic E-state index is 12.8. The molecule has 1 aliphatic rings. The van der Waals surface area contributed by atoms with Crippen LogP contribution in [0.3, 0.4) is 0 Å². The number of rotatable bonds is 5. The molecule has 0 fully saturated rings. The minimum atomic E-state index is -4.38. The van der Waals surface area contributed by atoms with Gasteiger partial charge in [0.25, 0.3) is 0 Å². The molecule has 31 heavy (non-hydrogen) atoms. The number of para-hydroxylation sites is 1. The third kappa shape index (κ3) is 4.56. The van der Waals surface area contributed by atoms with Gasteiger partial charge in [-0.1, -0.05) is 30.3 Å². The minimum absolute atomic E-state index is 0.152. The normalized spacial score (nSPS) is 14.7. The van der Waals surface area contributed by atoms with Gasteiger partial charge >= 0.3 is 12.8 Å². The molecule has 0 spiro atoms. The molecule has 0 N–H and O–H groups in total. The van der Waals surface area contributed by atoms with Gasteiger partial charge < -0.3 is 9.30 Å². The van der Waals surface area contributed by atoms with E-state index in [0.717, 1.165) is 23.5 Å². The summed E-state index contributed by atoms with van der Waals surface area (Å²) in [6, 6.07) is 11.6. The van der Waals surface area contributed by atoms with Crippen molar-refractivity contribution in [3.05, 3.63) is 71.0 Å². The van der Waals surface area contributed by atoms with E-state index >= 15 is 0 Å². The van der Waals surface area contributed by atoms with Crippen LogP contribution in [-0.2, 0) is 32.7 Å². The summed E-state index contributed by atoms with van der Waals surface area (Å²) < 4.78 is 70.3. The smallest absolute Gasteiger partial charge is 0.416 e. The van der Waals surface area contributed by atoms with Gasteiger partial charge in [-0.05, 0) is 18.2 Å². The van der Waals surface area contributed by atoms with Crippen LogP contribution in [0.2, 0.25) is 0 Å². The van der Waals surface area contributed by atoms with Crippen molar-refractivity contribution in [3.63, 3.8) is 0 Å². The van der Waals surface area contributed by atoms with Crippen molar-refractivity contribution in [2.75, 3.05) is 6.54 Å². The van der Waals surface area contributed by atoms with Crippen LogP contribution in [0, 0.1) is 0 Å². The first kappa shape index (κ1) is 21.3. The van der Waals surface area contributed by atoms with Crippen LogP contribution in [0.5, 0.6) is 5.75 Å². The molecule has 2 aromatic carbocycles. The van der Waals surface area contributed by atoms with E-state index in [1.54, 1.807) is 18.2 Å². The highest BCUT2D eigenvalue weighted by Gasteiger charge is 2.30. The summed E-state index contributed by atoms with van der Waals surface area (Å²) in [5.41, 5.74) is 2.41. The number of aromatic nitrogens is 2. The van der Waals surface area contributed by atoms with Crippen LogP contribution in [0.15, 0.2) is 48.5 Å². The van der Waals surface area contributed by atoms with Gasteiger partial charge in [0.2, 0.25) is 0 Å². The van der Waals surface area contributed by atoms with Gasteiger partial charge in [0, 0.05) is 44.2 Å². The van der Waals surface area contributed by atoms with E-state index < -0.39 is 18.4 Å². The summed E-state index contributed by atoms with van der Waals surface area (Å²) >= 11 is 0. The summed E-state index contributed by atoms with van der Waals surface area (Å²) in [4.78, 5) is 6.75. The molecule has 0 bridgehead atoms. The van der Waals surface area contributed by atoms with Gasteiger partial charge in [-0.15, -0.1) is 0 Å². The SMILES string of the molecule is Cn1c(-c2ccc(C(F)(F)F)cc2)nc2c1CN(Cc1ccccc1OC(F)F)CC2. The maximum atomic E-state index is 12.8. The van der Waals surface area contributed by atoms with Gasteiger partial charge in [-0.25, -0.2) is 4.98 Å². The summed E-state index contributed by atoms with van der Waals surface area (Å²) in [7, 11) is 1.83. The van der Waals surface area contributed by atoms with Crippen molar-refractivity contribution in [1.29, 1.82) is 0 Å². The molecule has 164 valence electrons. The Kier molecular flexibility index (Phi) is 5.70. The number of ether oxygens (including phenoxy) is 1. The largest absolute Gasteiger partial charge is 0.434 e. The molecule has 0 saturated heterocycles. The van der Waals surface area contributed by atoms with Crippen molar-refractivity contribution in [1.82, 2.24) is 14.5 Å². The summed E-state index contributed by atoms with van der Waals surface area (Å²) in [5, 5.41) is 0. The fourth-order valence-electron chi connectivity index (χ4n) is 3.83. The lowest BCUT2D eigenvalue weighted by Crippen LogP contribution is -2.31. The fraction of sp³-hybridized carbons (Fsp3) is 0.318. The van der Waals surface area contributed by atoms with Crippen molar-refractivity contribution in [3.8, 4) is 17.1 Å². The predicted octanol–water partition coefficient (Wildman–Crippen LogP) is 5.27. The summed E-state index contributed by atoms with van der Waals surface area (Å²) in [6.45, 7) is -1.23. The minimum Gasteiger partial charge on any atom is -0.434 e. The van der Waals surface area contributed by atoms with E-state index in [4.69, 9.17) is 0 Å². The molecule has 0 saturated carbocycles. The van der Waals surface area contributed by atoms with Gasteiger partial charge in [0.1, 0.15) is 11.6 Å². The lowest BCUT2D eigenvalue weighted by Gasteiger charge is -2.27. The van der Waals surface area contributed by atoms with E-state index in [1.165, 1.54) is 18.2 Å². The average molecular weight is 437 g/mol. The third-order valence-electron chi connectivity index (χ3n) is 5.39. The van der Waals surface area contributed by atoms with Gasteiger partial charge in [0.05, 0.1) is 17.0 Å². The fourth-order valence-corrected chi connectivity index (χ4v) is 3.83. The number of hydrogen-bond donors (Lipinski definition) is 0. The number of fused-ring (bicyclic) bond motifs is 1. The van der Waals surface area contributed by atoms with E-state index in [9.17, 15) is 22.0 Å². The Balaban J connectivity index is 1.54. The summed E-state index contributed by atoms with van der Waals surface area (Å²) in [5.74, 6) is 0.751. The first-order valence-electron chi connectivity index (χ1n) is 9.69. The molecule has 9 heteroatoms. The van der Waals surface area contributed by atoms with Gasteiger partial charge in [-0.2, -0.15) is 22.0 Å². The van der Waals surface area contributed by atoms with E-state index in [2.05, 4.69) is 14.6 Å². The molecule has 1 aliphatic heterocycles. The second kappa shape index (κ2) is 8.30. The monoisotopic (exact) mass is 437 g/mol. The van der Waals surface area contributed by atoms with Crippen molar-refractivity contribution in [2.45, 2.75) is 32.3 Å². The Bertz CT molecular complexity index is 1060. The Morgan fingerprint density at radius 1 is 1.06 bits per heavy atom. The molecule has 0 aliphatic carbocycles. The molecular formula is C22H20F5N3O. The topological polar surface area (TPSA) is 30.3 Å². The van der Waals surface area contributed by atoms with Gasteiger partial charge in [-0.3, -0.25) is 4.90 Å². The number of imidazole rings is 1. The average Bonchev–Trinajstić information content (AvgIpc) is 3.05. The van der Waals surface area contributed by atoms with E-state index in [-0.39, 0.29) is 5.75 Å². The molecular weight excluding hydrogens is 417 g/mol. The van der Waals surface area contributed by atoms with Crippen molar-refractivity contribution >= 4 is 0 Å². The first-order chi connectivity index (χ1) is 14.7. The Labute approximate surface area is 175 Å². The quantitative estimate of drug-likeness (QED) is 0.510. The number of alkyl halides is 5. The van der Waals surface area contributed by atoms with Crippen LogP contribution in [0.4, 0.5) is 22.0 Å². The molecule has 4 rings (SSSR count). The lowest BCUT2D eigenvalue weighted by atomic mass is 10.1. The number of benzene rings is 2. The summed E-state index contributed by atoms with van der Waals surface area (Å²) in [6.07, 6.45) is -3.73. The number of halogens is 5. The molecule has 2 heterocycles. The van der Waals surface area contributed by atoms with Crippen LogP contribution in [-0.4, -0.2) is 27.6 Å². The second-order valence-electron chi connectivity index (χ2n) is 7.41. The second-order valence-corrected chi connectivity index (χ2v) is 7.41. The first-order valence-corrected chi connectivity index (χ1v) is 9.69. The highest BCUT2D eigenvalue weighted by atomic mass is 19.4. The molecule has 4 nitrogen and oxygen atoms in total. The zero-order valence-electron chi connectivity index (χ0n) is 16.7. The Hall–Kier alpha value is -2.94. The van der Waals surface area contributed by atoms with Crippen LogP contribution in [0.25, 0.3) is 11.4 Å². The Morgan fingerprint density at radius 2 is 1.77 bits per heavy atom. The molecule has 0 amide bonds. The van der Waals surface area contributed by atoms with Crippen molar-refractivity contribution in [2.24, 2.45) is 7.05 Å². The number of nitrogens with zero attached hydrogens (tertiary/aromatic N) is 3. The van der Waals surface area contributed by atoms with E-state index in [0.29, 0.717) is 43.0 Å². The molecule has 0 radical (unpaired) electrons. The molecule has 0 unspecified atom stereocenters. The number of hydrogen-bond acceptors (Lipinski definition) is 3. The molecule has 3 aromatic rings. The zero-order valence-corrected chi connectivity index (χ0v) is 16.7. The molecule has 1 aromatic heterocycles. The molecule has 0 atom stereocenters. The maximum Gasteiger partial charge on any atom is 0.416 e. The van der Waals surface area contributed by atoms with Crippen LogP contribution < -0.4 is 4.74 Å². The zero-order chi connectivity index (χ0) is 22.2. The van der Waals surface area contributed by atoms with Crippen LogP contribution >= 0.6 is 0 Å². The lowest BCUT2D eigenvalue weighted by molar-refractivity contribution is -0.137.